The number of imidazole rings is 1. The zero-order valence-electron chi connectivity index (χ0n) is 13.1. The number of ether oxygens (including phenoxy) is 1. The van der Waals surface area contributed by atoms with Crippen LogP contribution in [0.25, 0.3) is 11.0 Å². The van der Waals surface area contributed by atoms with Crippen molar-refractivity contribution in [3.63, 3.8) is 0 Å². The Bertz CT molecular complexity index is 659. The van der Waals surface area contributed by atoms with Gasteiger partial charge in [-0.15, -0.1) is 0 Å². The van der Waals surface area contributed by atoms with Crippen LogP contribution in [0.5, 0.6) is 0 Å². The number of H-pyrrole nitrogens is 1. The number of hydrogen-bond acceptors (Lipinski definition) is 5. The summed E-state index contributed by atoms with van der Waals surface area (Å²) in [4.78, 5) is 24.6. The van der Waals surface area contributed by atoms with Gasteiger partial charge in [0.2, 0.25) is 0 Å². The normalized spacial score (nSPS) is 17.0. The van der Waals surface area contributed by atoms with Crippen molar-refractivity contribution in [3.05, 3.63) is 29.6 Å². The lowest BCUT2D eigenvalue weighted by Crippen LogP contribution is -2.44. The molecule has 0 atom stereocenters. The van der Waals surface area contributed by atoms with E-state index in [0.717, 1.165) is 44.1 Å². The molecule has 6 heteroatoms. The lowest BCUT2D eigenvalue weighted by Gasteiger charge is -2.31. The van der Waals surface area contributed by atoms with Crippen molar-refractivity contribution in [2.75, 3.05) is 39.8 Å². The summed E-state index contributed by atoms with van der Waals surface area (Å²) in [6, 6.07) is 5.56. The number of carbonyl (C=O) groups is 1. The Hall–Kier alpha value is -1.92. The predicted molar refractivity (Wildman–Crippen MR) is 84.8 cm³/mol. The van der Waals surface area contributed by atoms with Crippen LogP contribution in [-0.4, -0.2) is 65.6 Å². The fourth-order valence-corrected chi connectivity index (χ4v) is 2.75. The van der Waals surface area contributed by atoms with E-state index in [1.807, 2.05) is 12.1 Å². The molecular formula is C16H22N4O2. The number of likely N-dealkylation sites (N-methyl/N-ethyl adjacent to an activating group) is 1. The number of rotatable bonds is 4. The minimum Gasteiger partial charge on any atom is -0.462 e. The number of hydrogen-bond donors (Lipinski definition) is 1. The molecular weight excluding hydrogens is 280 g/mol. The molecule has 1 aliphatic rings. The van der Waals surface area contributed by atoms with E-state index in [0.29, 0.717) is 17.7 Å². The van der Waals surface area contributed by atoms with Crippen LogP contribution in [0.1, 0.15) is 23.1 Å². The number of para-hydroxylation sites is 1. The van der Waals surface area contributed by atoms with E-state index in [1.54, 1.807) is 13.0 Å². The number of esters is 1. The number of aromatic amines is 1. The Balaban J connectivity index is 1.80. The molecule has 22 heavy (non-hydrogen) atoms. The summed E-state index contributed by atoms with van der Waals surface area (Å²) in [6.07, 6.45) is 0. The lowest BCUT2D eigenvalue weighted by molar-refractivity contribution is 0.0528. The molecule has 118 valence electrons. The molecule has 2 aromatic rings. The molecule has 6 nitrogen and oxygen atoms in total. The van der Waals surface area contributed by atoms with Gasteiger partial charge in [0, 0.05) is 26.2 Å². The van der Waals surface area contributed by atoms with Gasteiger partial charge < -0.3 is 14.6 Å². The van der Waals surface area contributed by atoms with Crippen LogP contribution in [0.4, 0.5) is 0 Å². The highest BCUT2D eigenvalue weighted by atomic mass is 16.5. The first kappa shape index (κ1) is 15.0. The monoisotopic (exact) mass is 302 g/mol. The van der Waals surface area contributed by atoms with Crippen molar-refractivity contribution < 1.29 is 9.53 Å². The van der Waals surface area contributed by atoms with Gasteiger partial charge in [0.05, 0.1) is 24.2 Å². The summed E-state index contributed by atoms with van der Waals surface area (Å²) in [7, 11) is 2.14. The van der Waals surface area contributed by atoms with Gasteiger partial charge in [0.1, 0.15) is 11.3 Å². The first-order chi connectivity index (χ1) is 10.7. The largest absolute Gasteiger partial charge is 0.462 e. The van der Waals surface area contributed by atoms with Crippen LogP contribution in [0, 0.1) is 0 Å². The maximum Gasteiger partial charge on any atom is 0.340 e. The average molecular weight is 302 g/mol. The first-order valence-corrected chi connectivity index (χ1v) is 7.73. The van der Waals surface area contributed by atoms with Crippen LogP contribution in [0.3, 0.4) is 0 Å². The molecule has 0 amide bonds. The summed E-state index contributed by atoms with van der Waals surface area (Å²) in [5, 5.41) is 0. The van der Waals surface area contributed by atoms with Crippen molar-refractivity contribution in [1.29, 1.82) is 0 Å². The predicted octanol–water partition coefficient (Wildman–Crippen LogP) is 1.49. The fraction of sp³-hybridized carbons (Fsp3) is 0.500. The fourth-order valence-electron chi connectivity index (χ4n) is 2.75. The maximum absolute atomic E-state index is 12.0. The highest BCUT2D eigenvalue weighted by molar-refractivity contribution is 6.01. The van der Waals surface area contributed by atoms with E-state index < -0.39 is 0 Å². The van der Waals surface area contributed by atoms with Crippen molar-refractivity contribution in [2.24, 2.45) is 0 Å². The van der Waals surface area contributed by atoms with E-state index in [9.17, 15) is 4.79 Å². The minimum absolute atomic E-state index is 0.314. The van der Waals surface area contributed by atoms with Gasteiger partial charge in [-0.1, -0.05) is 6.07 Å². The van der Waals surface area contributed by atoms with Crippen LogP contribution in [0.15, 0.2) is 18.2 Å². The molecule has 0 saturated carbocycles. The molecule has 1 N–H and O–H groups in total. The van der Waals surface area contributed by atoms with Crippen LogP contribution in [-0.2, 0) is 11.3 Å². The van der Waals surface area contributed by atoms with Crippen molar-refractivity contribution in [3.8, 4) is 0 Å². The number of fused-ring (bicyclic) bond motifs is 1. The van der Waals surface area contributed by atoms with Crippen molar-refractivity contribution in [2.45, 2.75) is 13.5 Å². The zero-order valence-corrected chi connectivity index (χ0v) is 13.1. The van der Waals surface area contributed by atoms with Crippen LogP contribution in [0.2, 0.25) is 0 Å². The number of nitrogens with one attached hydrogen (secondary N) is 1. The zero-order chi connectivity index (χ0) is 15.5. The van der Waals surface area contributed by atoms with Crippen molar-refractivity contribution in [1.82, 2.24) is 19.8 Å². The second kappa shape index (κ2) is 6.46. The topological polar surface area (TPSA) is 61.5 Å². The molecule has 0 radical (unpaired) electrons. The van der Waals surface area contributed by atoms with E-state index in [2.05, 4.69) is 26.8 Å². The van der Waals surface area contributed by atoms with Crippen LogP contribution >= 0.6 is 0 Å². The Morgan fingerprint density at radius 2 is 2.09 bits per heavy atom. The number of benzene rings is 1. The molecule has 0 unspecified atom stereocenters. The second-order valence-corrected chi connectivity index (χ2v) is 5.69. The molecule has 1 fully saturated rings. The summed E-state index contributed by atoms with van der Waals surface area (Å²) in [5.74, 6) is 0.585. The minimum atomic E-state index is -0.314. The van der Waals surface area contributed by atoms with Gasteiger partial charge in [-0.2, -0.15) is 0 Å². The Morgan fingerprint density at radius 3 is 2.82 bits per heavy atom. The molecule has 2 heterocycles. The Labute approximate surface area is 130 Å². The third-order valence-electron chi connectivity index (χ3n) is 4.03. The molecule has 0 bridgehead atoms. The third-order valence-corrected chi connectivity index (χ3v) is 4.03. The highest BCUT2D eigenvalue weighted by Crippen LogP contribution is 2.18. The van der Waals surface area contributed by atoms with Gasteiger partial charge in [0.15, 0.2) is 0 Å². The quantitative estimate of drug-likeness (QED) is 0.867. The Kier molecular flexibility index (Phi) is 4.40. The molecule has 1 aliphatic heterocycles. The highest BCUT2D eigenvalue weighted by Gasteiger charge is 2.18. The number of carbonyl (C=O) groups excluding carboxylic acids is 1. The molecule has 0 aliphatic carbocycles. The SMILES string of the molecule is CCOC(=O)c1cccc2[nH]c(CN3CCN(C)CC3)nc12. The number of aromatic nitrogens is 2. The Morgan fingerprint density at radius 1 is 1.32 bits per heavy atom. The molecule has 1 aromatic carbocycles. The van der Waals surface area contributed by atoms with Crippen molar-refractivity contribution >= 4 is 17.0 Å². The third kappa shape index (κ3) is 3.13. The van der Waals surface area contributed by atoms with E-state index in [1.165, 1.54) is 0 Å². The van der Waals surface area contributed by atoms with Gasteiger partial charge in [0.25, 0.3) is 0 Å². The van der Waals surface area contributed by atoms with E-state index in [4.69, 9.17) is 4.74 Å². The second-order valence-electron chi connectivity index (χ2n) is 5.69. The van der Waals surface area contributed by atoms with Gasteiger partial charge in [-0.05, 0) is 26.1 Å². The van der Waals surface area contributed by atoms with Gasteiger partial charge >= 0.3 is 5.97 Å². The summed E-state index contributed by atoms with van der Waals surface area (Å²) in [6.45, 7) is 7.19. The van der Waals surface area contributed by atoms with Crippen LogP contribution < -0.4 is 0 Å². The van der Waals surface area contributed by atoms with E-state index in [-0.39, 0.29) is 5.97 Å². The maximum atomic E-state index is 12.0. The summed E-state index contributed by atoms with van der Waals surface area (Å²) < 4.78 is 5.10. The molecule has 0 spiro atoms. The molecule has 3 rings (SSSR count). The smallest absolute Gasteiger partial charge is 0.340 e. The molecule has 1 saturated heterocycles. The standard InChI is InChI=1S/C16H22N4O2/c1-3-22-16(21)12-5-4-6-13-15(12)18-14(17-13)11-20-9-7-19(2)8-10-20/h4-6H,3,7-11H2,1-2H3,(H,17,18). The summed E-state index contributed by atoms with van der Waals surface area (Å²) in [5.41, 5.74) is 2.11. The number of piperazine rings is 1. The lowest BCUT2D eigenvalue weighted by atomic mass is 10.2. The van der Waals surface area contributed by atoms with Gasteiger partial charge in [-0.3, -0.25) is 4.90 Å². The molecule has 1 aromatic heterocycles. The van der Waals surface area contributed by atoms with Gasteiger partial charge in [-0.25, -0.2) is 9.78 Å². The first-order valence-electron chi connectivity index (χ1n) is 7.73. The number of nitrogens with zero attached hydrogens (tertiary/aromatic N) is 3. The summed E-state index contributed by atoms with van der Waals surface area (Å²) >= 11 is 0. The average Bonchev–Trinajstić information content (AvgIpc) is 2.92. The van der Waals surface area contributed by atoms with E-state index >= 15 is 0 Å².